The van der Waals surface area contributed by atoms with Gasteiger partial charge in [-0.25, -0.2) is 4.79 Å². The number of anilines is 1. The van der Waals surface area contributed by atoms with Gasteiger partial charge < -0.3 is 10.4 Å². The molecule has 2 aromatic rings. The number of nitrogens with one attached hydrogen (secondary N) is 2. The fraction of sp³-hybridized carbons (Fsp3) is 0.182. The molecule has 0 fully saturated rings. The average Bonchev–Trinajstić information content (AvgIpc) is 2.82. The smallest absolute Gasteiger partial charge is 0.326 e. The van der Waals surface area contributed by atoms with Crippen LogP contribution in [0.15, 0.2) is 36.5 Å². The van der Waals surface area contributed by atoms with E-state index in [9.17, 15) is 4.79 Å². The molecule has 2 rings (SSSR count). The molecular weight excluding hydrogens is 220 g/mol. The predicted molar refractivity (Wildman–Crippen MR) is 61.6 cm³/mol. The molecule has 88 valence electrons. The number of aromatic amines is 1. The van der Waals surface area contributed by atoms with Crippen LogP contribution in [0, 0.1) is 0 Å². The molecule has 17 heavy (non-hydrogen) atoms. The van der Waals surface area contributed by atoms with Crippen molar-refractivity contribution in [3.63, 3.8) is 0 Å². The third-order valence-electron chi connectivity index (χ3n) is 2.32. The van der Waals surface area contributed by atoms with Gasteiger partial charge >= 0.3 is 5.97 Å². The first-order valence-corrected chi connectivity index (χ1v) is 5.15. The Morgan fingerprint density at radius 1 is 1.41 bits per heavy atom. The van der Waals surface area contributed by atoms with Crippen molar-refractivity contribution in [2.45, 2.75) is 12.5 Å². The summed E-state index contributed by atoms with van der Waals surface area (Å²) in [5.41, 5.74) is 0.955. The standard InChI is InChI=1S/C11H12N4O2/c16-11(17)9(13-10-7-12-15-14-10)6-8-4-2-1-3-5-8/h1-5,7,9H,6H2,(H,16,17)(H2,12,13,14,15)/t9-/m0/s1. The quantitative estimate of drug-likeness (QED) is 0.712. The highest BCUT2D eigenvalue weighted by atomic mass is 16.4. The van der Waals surface area contributed by atoms with E-state index in [1.807, 2.05) is 30.3 Å². The van der Waals surface area contributed by atoms with E-state index in [0.29, 0.717) is 12.2 Å². The van der Waals surface area contributed by atoms with Crippen molar-refractivity contribution < 1.29 is 9.90 Å². The number of aromatic nitrogens is 3. The minimum Gasteiger partial charge on any atom is -0.480 e. The zero-order valence-corrected chi connectivity index (χ0v) is 9.00. The van der Waals surface area contributed by atoms with Gasteiger partial charge in [0, 0.05) is 6.42 Å². The van der Waals surface area contributed by atoms with E-state index in [4.69, 9.17) is 5.11 Å². The van der Waals surface area contributed by atoms with Gasteiger partial charge in [-0.05, 0) is 5.56 Å². The Labute approximate surface area is 97.7 Å². The number of aliphatic carboxylic acids is 1. The summed E-state index contributed by atoms with van der Waals surface area (Å²) in [5.74, 6) is -0.495. The Hall–Kier alpha value is -2.37. The largest absolute Gasteiger partial charge is 0.480 e. The number of rotatable bonds is 5. The molecule has 6 nitrogen and oxygen atoms in total. The van der Waals surface area contributed by atoms with E-state index in [1.165, 1.54) is 6.20 Å². The van der Waals surface area contributed by atoms with Gasteiger partial charge in [0.1, 0.15) is 6.04 Å². The van der Waals surface area contributed by atoms with E-state index in [-0.39, 0.29) is 0 Å². The topological polar surface area (TPSA) is 90.9 Å². The van der Waals surface area contributed by atoms with Gasteiger partial charge in [-0.2, -0.15) is 10.3 Å². The lowest BCUT2D eigenvalue weighted by Crippen LogP contribution is -2.31. The fourth-order valence-corrected chi connectivity index (χ4v) is 1.50. The van der Waals surface area contributed by atoms with Gasteiger partial charge in [-0.3, -0.25) is 0 Å². The molecule has 0 aliphatic heterocycles. The summed E-state index contributed by atoms with van der Waals surface area (Å²) in [4.78, 5) is 11.1. The molecule has 1 atom stereocenters. The molecule has 0 bridgehead atoms. The zero-order valence-electron chi connectivity index (χ0n) is 9.00. The van der Waals surface area contributed by atoms with Crippen LogP contribution in [0.25, 0.3) is 0 Å². The monoisotopic (exact) mass is 232 g/mol. The average molecular weight is 232 g/mol. The van der Waals surface area contributed by atoms with Crippen LogP contribution in [0.5, 0.6) is 0 Å². The second kappa shape index (κ2) is 5.11. The van der Waals surface area contributed by atoms with Gasteiger partial charge in [0.25, 0.3) is 0 Å². The minimum absolute atomic E-state index is 0.392. The fourth-order valence-electron chi connectivity index (χ4n) is 1.50. The highest BCUT2D eigenvalue weighted by Gasteiger charge is 2.18. The number of benzene rings is 1. The number of hydrogen-bond acceptors (Lipinski definition) is 4. The molecule has 1 aromatic carbocycles. The van der Waals surface area contributed by atoms with Gasteiger partial charge in [0.2, 0.25) is 0 Å². The molecule has 6 heteroatoms. The van der Waals surface area contributed by atoms with Crippen LogP contribution in [0.4, 0.5) is 5.82 Å². The second-order valence-corrected chi connectivity index (χ2v) is 3.58. The van der Waals surface area contributed by atoms with Gasteiger partial charge in [-0.1, -0.05) is 30.3 Å². The van der Waals surface area contributed by atoms with E-state index < -0.39 is 12.0 Å². The Kier molecular flexibility index (Phi) is 3.34. The number of H-pyrrole nitrogens is 1. The predicted octanol–water partition coefficient (Wildman–Crippen LogP) is 0.912. The van der Waals surface area contributed by atoms with Crippen molar-refractivity contribution in [2.75, 3.05) is 5.32 Å². The molecule has 0 aliphatic rings. The Balaban J connectivity index is 2.06. The first-order chi connectivity index (χ1) is 8.25. The molecule has 0 radical (unpaired) electrons. The number of carbonyl (C=O) groups is 1. The van der Waals surface area contributed by atoms with Gasteiger partial charge in [0.05, 0.1) is 6.20 Å². The molecular formula is C11H12N4O2. The highest BCUT2D eigenvalue weighted by molar-refractivity contribution is 5.77. The lowest BCUT2D eigenvalue weighted by atomic mass is 10.1. The van der Waals surface area contributed by atoms with Crippen LogP contribution >= 0.6 is 0 Å². The van der Waals surface area contributed by atoms with Crippen molar-refractivity contribution in [3.8, 4) is 0 Å². The van der Waals surface area contributed by atoms with Crippen LogP contribution in [0.2, 0.25) is 0 Å². The van der Waals surface area contributed by atoms with Crippen LogP contribution in [-0.2, 0) is 11.2 Å². The summed E-state index contributed by atoms with van der Waals surface area (Å²) in [7, 11) is 0. The SMILES string of the molecule is O=C(O)[C@H](Cc1ccccc1)Nc1cn[nH]n1. The molecule has 0 saturated heterocycles. The normalized spacial score (nSPS) is 12.0. The Morgan fingerprint density at radius 3 is 2.76 bits per heavy atom. The van der Waals surface area contributed by atoms with Crippen molar-refractivity contribution in [1.82, 2.24) is 15.4 Å². The Bertz CT molecular complexity index is 469. The number of carboxylic acids is 1. The minimum atomic E-state index is -0.920. The lowest BCUT2D eigenvalue weighted by Gasteiger charge is -2.13. The van der Waals surface area contributed by atoms with E-state index in [1.54, 1.807) is 0 Å². The maximum Gasteiger partial charge on any atom is 0.326 e. The maximum absolute atomic E-state index is 11.1. The van der Waals surface area contributed by atoms with Gasteiger partial charge in [-0.15, -0.1) is 5.10 Å². The molecule has 1 heterocycles. The van der Waals surface area contributed by atoms with Crippen molar-refractivity contribution in [3.05, 3.63) is 42.1 Å². The summed E-state index contributed by atoms with van der Waals surface area (Å²) in [5, 5.41) is 21.7. The van der Waals surface area contributed by atoms with Crippen LogP contribution in [0.1, 0.15) is 5.56 Å². The summed E-state index contributed by atoms with van der Waals surface area (Å²) in [6, 6.07) is 8.71. The van der Waals surface area contributed by atoms with Crippen molar-refractivity contribution >= 4 is 11.8 Å². The summed E-state index contributed by atoms with van der Waals surface area (Å²) in [6.45, 7) is 0. The zero-order chi connectivity index (χ0) is 12.1. The summed E-state index contributed by atoms with van der Waals surface area (Å²) in [6.07, 6.45) is 1.84. The first kappa shape index (κ1) is 11.1. The number of nitrogens with zero attached hydrogens (tertiary/aromatic N) is 2. The van der Waals surface area contributed by atoms with Gasteiger partial charge in [0.15, 0.2) is 5.82 Å². The van der Waals surface area contributed by atoms with Crippen molar-refractivity contribution in [1.29, 1.82) is 0 Å². The second-order valence-electron chi connectivity index (χ2n) is 3.58. The van der Waals surface area contributed by atoms with E-state index in [0.717, 1.165) is 5.56 Å². The van der Waals surface area contributed by atoms with Crippen molar-refractivity contribution in [2.24, 2.45) is 0 Å². The summed E-state index contributed by atoms with van der Waals surface area (Å²) < 4.78 is 0. The molecule has 0 saturated carbocycles. The third-order valence-corrected chi connectivity index (χ3v) is 2.32. The third kappa shape index (κ3) is 3.04. The number of hydrogen-bond donors (Lipinski definition) is 3. The molecule has 0 spiro atoms. The number of carboxylic acid groups (broad SMARTS) is 1. The Morgan fingerprint density at radius 2 is 2.18 bits per heavy atom. The first-order valence-electron chi connectivity index (χ1n) is 5.15. The van der Waals surface area contributed by atoms with E-state index >= 15 is 0 Å². The maximum atomic E-state index is 11.1. The van der Waals surface area contributed by atoms with Crippen LogP contribution in [-0.4, -0.2) is 32.5 Å². The molecule has 0 aliphatic carbocycles. The molecule has 0 amide bonds. The van der Waals surface area contributed by atoms with Crippen LogP contribution in [0.3, 0.4) is 0 Å². The van der Waals surface area contributed by atoms with E-state index in [2.05, 4.69) is 20.7 Å². The molecule has 1 aromatic heterocycles. The molecule has 0 unspecified atom stereocenters. The van der Waals surface area contributed by atoms with Crippen LogP contribution < -0.4 is 5.32 Å². The summed E-state index contributed by atoms with van der Waals surface area (Å²) >= 11 is 0. The molecule has 3 N–H and O–H groups in total. The highest BCUT2D eigenvalue weighted by Crippen LogP contribution is 2.08. The lowest BCUT2D eigenvalue weighted by molar-refractivity contribution is -0.137.